The van der Waals surface area contributed by atoms with Crippen LogP contribution in [0.1, 0.15) is 20.7 Å². The van der Waals surface area contributed by atoms with E-state index in [0.717, 1.165) is 0 Å². The predicted molar refractivity (Wildman–Crippen MR) is 65.2 cm³/mol. The maximum Gasteiger partial charge on any atom is 0.192 e. The third-order valence-electron chi connectivity index (χ3n) is 2.51. The summed E-state index contributed by atoms with van der Waals surface area (Å²) in [5.74, 6) is -1.01. The Morgan fingerprint density at radius 3 is 1.39 bits per heavy atom. The first-order valence-electron chi connectivity index (χ1n) is 5.46. The minimum atomic E-state index is -1.25. The molecular formula is C12H16N2O4. The molecule has 0 saturated heterocycles. The number of hydrogen-bond acceptors (Lipinski definition) is 6. The van der Waals surface area contributed by atoms with Gasteiger partial charge >= 0.3 is 0 Å². The van der Waals surface area contributed by atoms with Crippen LogP contribution in [-0.2, 0) is 0 Å². The van der Waals surface area contributed by atoms with Gasteiger partial charge in [-0.15, -0.1) is 0 Å². The molecule has 98 valence electrons. The zero-order valence-electron chi connectivity index (χ0n) is 9.74. The fourth-order valence-corrected chi connectivity index (χ4v) is 1.40. The number of carbonyl (C=O) groups excluding carboxylic acids is 2. The van der Waals surface area contributed by atoms with Gasteiger partial charge in [0.15, 0.2) is 11.6 Å². The SMILES string of the molecule is NCC(O)C(=O)c1ccc(C(=O)C(O)CN)cc1. The summed E-state index contributed by atoms with van der Waals surface area (Å²) in [5, 5.41) is 18.6. The highest BCUT2D eigenvalue weighted by molar-refractivity contribution is 6.02. The maximum atomic E-state index is 11.6. The van der Waals surface area contributed by atoms with Gasteiger partial charge in [0.1, 0.15) is 12.2 Å². The van der Waals surface area contributed by atoms with Crippen LogP contribution < -0.4 is 11.5 Å². The van der Waals surface area contributed by atoms with E-state index in [-0.39, 0.29) is 24.2 Å². The molecule has 0 fully saturated rings. The van der Waals surface area contributed by atoms with Crippen molar-refractivity contribution in [1.29, 1.82) is 0 Å². The second-order valence-electron chi connectivity index (χ2n) is 3.81. The lowest BCUT2D eigenvalue weighted by atomic mass is 10.0. The molecule has 0 aliphatic heterocycles. The van der Waals surface area contributed by atoms with Gasteiger partial charge in [-0.25, -0.2) is 0 Å². The van der Waals surface area contributed by atoms with Gasteiger partial charge in [0.25, 0.3) is 0 Å². The summed E-state index contributed by atoms with van der Waals surface area (Å²) < 4.78 is 0. The lowest BCUT2D eigenvalue weighted by molar-refractivity contribution is 0.0755. The first-order valence-corrected chi connectivity index (χ1v) is 5.46. The van der Waals surface area contributed by atoms with Gasteiger partial charge in [0, 0.05) is 24.2 Å². The van der Waals surface area contributed by atoms with Gasteiger partial charge in [0.2, 0.25) is 0 Å². The Hall–Kier alpha value is -1.60. The normalized spacial score (nSPS) is 14.0. The summed E-state index contributed by atoms with van der Waals surface area (Å²) in [6.07, 6.45) is -2.50. The highest BCUT2D eigenvalue weighted by Gasteiger charge is 2.18. The number of hydrogen-bond donors (Lipinski definition) is 4. The molecule has 1 rings (SSSR count). The van der Waals surface area contributed by atoms with E-state index in [4.69, 9.17) is 11.5 Å². The Labute approximate surface area is 104 Å². The van der Waals surface area contributed by atoms with Crippen LogP contribution in [-0.4, -0.2) is 47.1 Å². The van der Waals surface area contributed by atoms with Crippen LogP contribution in [0.5, 0.6) is 0 Å². The number of rotatable bonds is 6. The summed E-state index contributed by atoms with van der Waals surface area (Å²) in [7, 11) is 0. The standard InChI is InChI=1S/C12H16N2O4/c13-5-9(15)11(17)7-1-2-8(4-3-7)12(18)10(16)6-14/h1-4,9-10,15-16H,5-6,13-14H2. The van der Waals surface area contributed by atoms with Crippen molar-refractivity contribution in [2.24, 2.45) is 11.5 Å². The van der Waals surface area contributed by atoms with E-state index in [1.54, 1.807) is 0 Å². The summed E-state index contributed by atoms with van der Waals surface area (Å²) in [4.78, 5) is 23.1. The molecule has 18 heavy (non-hydrogen) atoms. The number of nitrogens with two attached hydrogens (primary N) is 2. The molecule has 1 aromatic carbocycles. The number of Topliss-reactive ketones (excluding diaryl/α,β-unsaturated/α-hetero) is 2. The average Bonchev–Trinajstić information content (AvgIpc) is 2.44. The van der Waals surface area contributed by atoms with E-state index in [1.807, 2.05) is 0 Å². The van der Waals surface area contributed by atoms with E-state index < -0.39 is 23.8 Å². The molecule has 2 unspecified atom stereocenters. The summed E-state index contributed by atoms with van der Waals surface area (Å²) in [6, 6.07) is 5.60. The summed E-state index contributed by atoms with van der Waals surface area (Å²) in [5.41, 5.74) is 10.9. The topological polar surface area (TPSA) is 127 Å². The quantitative estimate of drug-likeness (QED) is 0.466. The van der Waals surface area contributed by atoms with Crippen LogP contribution in [0.3, 0.4) is 0 Å². The Kier molecular flexibility index (Phi) is 5.11. The van der Waals surface area contributed by atoms with Gasteiger partial charge in [-0.2, -0.15) is 0 Å². The zero-order chi connectivity index (χ0) is 13.7. The molecule has 6 N–H and O–H groups in total. The smallest absolute Gasteiger partial charge is 0.192 e. The number of benzene rings is 1. The van der Waals surface area contributed by atoms with E-state index in [1.165, 1.54) is 24.3 Å². The second kappa shape index (κ2) is 6.36. The van der Waals surface area contributed by atoms with Crippen LogP contribution in [0.15, 0.2) is 24.3 Å². The van der Waals surface area contributed by atoms with Crippen molar-refractivity contribution in [1.82, 2.24) is 0 Å². The van der Waals surface area contributed by atoms with Gasteiger partial charge in [-0.1, -0.05) is 24.3 Å². The predicted octanol–water partition coefficient (Wildman–Crippen LogP) is -1.31. The van der Waals surface area contributed by atoms with Crippen LogP contribution in [0.4, 0.5) is 0 Å². The first-order chi connectivity index (χ1) is 8.51. The molecule has 0 heterocycles. The zero-order valence-corrected chi connectivity index (χ0v) is 9.74. The van der Waals surface area contributed by atoms with Crippen molar-refractivity contribution in [3.05, 3.63) is 35.4 Å². The lowest BCUT2D eigenvalue weighted by Gasteiger charge is -2.09. The molecule has 1 aromatic rings. The van der Waals surface area contributed by atoms with E-state index in [9.17, 15) is 19.8 Å². The van der Waals surface area contributed by atoms with Crippen molar-refractivity contribution in [3.8, 4) is 0 Å². The molecule has 0 saturated carbocycles. The summed E-state index contributed by atoms with van der Waals surface area (Å²) in [6.45, 7) is -0.323. The molecule has 6 nitrogen and oxygen atoms in total. The van der Waals surface area contributed by atoms with E-state index in [2.05, 4.69) is 0 Å². The van der Waals surface area contributed by atoms with Gasteiger partial charge in [-0.05, 0) is 0 Å². The molecule has 0 bridgehead atoms. The first kappa shape index (κ1) is 14.5. The molecule has 6 heteroatoms. The van der Waals surface area contributed by atoms with Crippen LogP contribution in [0.2, 0.25) is 0 Å². The van der Waals surface area contributed by atoms with Crippen LogP contribution >= 0.6 is 0 Å². The second-order valence-corrected chi connectivity index (χ2v) is 3.81. The highest BCUT2D eigenvalue weighted by Crippen LogP contribution is 2.09. The number of ketones is 2. The van der Waals surface area contributed by atoms with Gasteiger partial charge < -0.3 is 21.7 Å². The van der Waals surface area contributed by atoms with E-state index in [0.29, 0.717) is 0 Å². The Bertz CT molecular complexity index is 389. The fourth-order valence-electron chi connectivity index (χ4n) is 1.40. The van der Waals surface area contributed by atoms with Gasteiger partial charge in [0.05, 0.1) is 0 Å². The van der Waals surface area contributed by atoms with E-state index >= 15 is 0 Å². The van der Waals surface area contributed by atoms with Crippen molar-refractivity contribution >= 4 is 11.6 Å². The van der Waals surface area contributed by atoms with Gasteiger partial charge in [-0.3, -0.25) is 9.59 Å². The molecule has 0 radical (unpaired) electrons. The van der Waals surface area contributed by atoms with Crippen molar-refractivity contribution in [3.63, 3.8) is 0 Å². The Morgan fingerprint density at radius 2 is 1.17 bits per heavy atom. The molecule has 0 aliphatic rings. The molecule has 0 spiro atoms. The fraction of sp³-hybridized carbons (Fsp3) is 0.333. The monoisotopic (exact) mass is 252 g/mol. The third-order valence-corrected chi connectivity index (χ3v) is 2.51. The van der Waals surface area contributed by atoms with Crippen molar-refractivity contribution in [2.45, 2.75) is 12.2 Å². The Morgan fingerprint density at radius 1 is 0.889 bits per heavy atom. The number of aliphatic hydroxyl groups is 2. The van der Waals surface area contributed by atoms with Crippen LogP contribution in [0, 0.1) is 0 Å². The highest BCUT2D eigenvalue weighted by atomic mass is 16.3. The maximum absolute atomic E-state index is 11.6. The molecule has 0 aliphatic carbocycles. The van der Waals surface area contributed by atoms with Crippen molar-refractivity contribution in [2.75, 3.05) is 13.1 Å². The summed E-state index contributed by atoms with van der Waals surface area (Å²) >= 11 is 0. The average molecular weight is 252 g/mol. The number of aliphatic hydroxyl groups excluding tert-OH is 2. The molecular weight excluding hydrogens is 236 g/mol. The number of carbonyl (C=O) groups is 2. The molecule has 0 aromatic heterocycles. The molecule has 2 atom stereocenters. The third kappa shape index (κ3) is 3.21. The molecule has 0 amide bonds. The largest absolute Gasteiger partial charge is 0.384 e. The lowest BCUT2D eigenvalue weighted by Crippen LogP contribution is -2.30. The minimum Gasteiger partial charge on any atom is -0.384 e. The van der Waals surface area contributed by atoms with Crippen molar-refractivity contribution < 1.29 is 19.8 Å². The Balaban J connectivity index is 2.86. The minimum absolute atomic E-state index is 0.161. The van der Waals surface area contributed by atoms with Crippen LogP contribution in [0.25, 0.3) is 0 Å².